The number of aromatic nitrogens is 2. The van der Waals surface area contributed by atoms with Crippen LogP contribution in [0.3, 0.4) is 0 Å². The molecule has 0 radical (unpaired) electrons. The number of fused-ring (bicyclic) bond motifs is 1. The topological polar surface area (TPSA) is 114 Å². The number of rotatable bonds is 5. The Morgan fingerprint density at radius 2 is 2.12 bits per heavy atom. The van der Waals surface area contributed by atoms with Crippen molar-refractivity contribution in [2.24, 2.45) is 0 Å². The van der Waals surface area contributed by atoms with Crippen LogP contribution in [0.5, 0.6) is 11.6 Å². The number of hydrogen-bond donors (Lipinski definition) is 3. The molecule has 2 unspecified atom stereocenters. The maximum Gasteiger partial charge on any atom is 0.492 e. The van der Waals surface area contributed by atoms with Gasteiger partial charge in [-0.05, 0) is 43.4 Å². The first-order valence-corrected chi connectivity index (χ1v) is 8.27. The monoisotopic (exact) mass is 357 g/mol. The van der Waals surface area contributed by atoms with E-state index in [4.69, 9.17) is 9.39 Å². The molecule has 1 aliphatic rings. The van der Waals surface area contributed by atoms with Crippen LogP contribution in [0, 0.1) is 6.92 Å². The minimum Gasteiger partial charge on any atom is -0.437 e. The van der Waals surface area contributed by atoms with Gasteiger partial charge >= 0.3 is 7.12 Å². The number of hydrogen-bond acceptors (Lipinski definition) is 7. The Balaban J connectivity index is 1.72. The van der Waals surface area contributed by atoms with Gasteiger partial charge in [-0.2, -0.15) is 0 Å². The predicted octanol–water partition coefficient (Wildman–Crippen LogP) is 0.294. The number of aliphatic hydroxyl groups excluding tert-OH is 1. The molecule has 3 N–H and O–H groups in total. The summed E-state index contributed by atoms with van der Waals surface area (Å²) in [4.78, 5) is 20.2. The lowest BCUT2D eigenvalue weighted by atomic mass is 9.76. The molecule has 3 rings (SSSR count). The van der Waals surface area contributed by atoms with Crippen molar-refractivity contribution >= 4 is 18.5 Å². The number of amides is 1. The highest BCUT2D eigenvalue weighted by molar-refractivity contribution is 6.62. The third-order valence-corrected chi connectivity index (χ3v) is 4.36. The molecule has 0 saturated heterocycles. The summed E-state index contributed by atoms with van der Waals surface area (Å²) in [5.74, 6) is 0.329. The fourth-order valence-corrected chi connectivity index (χ4v) is 2.60. The normalized spacial score (nSPS) is 15.3. The van der Waals surface area contributed by atoms with E-state index in [1.54, 1.807) is 19.9 Å². The van der Waals surface area contributed by atoms with Gasteiger partial charge in [-0.25, -0.2) is 9.97 Å². The van der Waals surface area contributed by atoms with Crippen molar-refractivity contribution in [1.29, 1.82) is 0 Å². The maximum atomic E-state index is 12.0. The van der Waals surface area contributed by atoms with Gasteiger partial charge in [0.2, 0.25) is 5.88 Å². The number of carbonyl (C=O) groups excluding carboxylic acids is 1. The van der Waals surface area contributed by atoms with Gasteiger partial charge in [0.05, 0.1) is 31.1 Å². The second kappa shape index (κ2) is 7.41. The largest absolute Gasteiger partial charge is 0.492 e. The first-order chi connectivity index (χ1) is 12.4. The number of carbonyl (C=O) groups is 1. The van der Waals surface area contributed by atoms with E-state index in [9.17, 15) is 14.9 Å². The quantitative estimate of drug-likeness (QED) is 0.659. The van der Waals surface area contributed by atoms with Crippen LogP contribution in [-0.2, 0) is 11.3 Å². The molecule has 1 aromatic heterocycles. The van der Waals surface area contributed by atoms with Crippen molar-refractivity contribution in [3.8, 4) is 11.6 Å². The molecule has 0 bridgehead atoms. The fourth-order valence-electron chi connectivity index (χ4n) is 2.60. The first kappa shape index (κ1) is 18.3. The van der Waals surface area contributed by atoms with Crippen LogP contribution in [-0.4, -0.2) is 45.3 Å². The molecule has 2 aromatic rings. The van der Waals surface area contributed by atoms with E-state index < -0.39 is 25.2 Å². The summed E-state index contributed by atoms with van der Waals surface area (Å²) >= 11 is 0. The second-order valence-corrected chi connectivity index (χ2v) is 6.27. The summed E-state index contributed by atoms with van der Waals surface area (Å²) in [6, 6.07) is 3.21. The van der Waals surface area contributed by atoms with E-state index in [1.807, 2.05) is 13.0 Å². The molecule has 26 heavy (non-hydrogen) atoms. The van der Waals surface area contributed by atoms with Gasteiger partial charge in [0.25, 0.3) is 5.91 Å². The standard InChI is InChI=1S/C17H20BN3O5/c1-9-14(5-4-12-8-25-18(24)16(9)12)26-15-7-19-13(6-20-15)17(23)21-10(2)11(3)22/h4-7,10-11,22,24H,8H2,1-3H3,(H,21,23). The molecule has 1 amide bonds. The van der Waals surface area contributed by atoms with Crippen molar-refractivity contribution in [2.75, 3.05) is 0 Å². The molecule has 0 fully saturated rings. The molecule has 2 heterocycles. The molecular formula is C17H20BN3O5. The zero-order chi connectivity index (χ0) is 18.8. The van der Waals surface area contributed by atoms with Gasteiger partial charge < -0.3 is 24.8 Å². The van der Waals surface area contributed by atoms with Crippen molar-refractivity contribution in [2.45, 2.75) is 39.5 Å². The zero-order valence-electron chi connectivity index (χ0n) is 14.8. The SMILES string of the molecule is Cc1c(Oc2cnc(C(=O)NC(C)C(C)O)cn2)ccc2c1B(O)OC2. The Morgan fingerprint density at radius 1 is 1.35 bits per heavy atom. The van der Waals surface area contributed by atoms with Crippen LogP contribution in [0.4, 0.5) is 0 Å². The number of ether oxygens (including phenoxy) is 1. The van der Waals surface area contributed by atoms with Gasteiger partial charge in [0.1, 0.15) is 11.4 Å². The number of nitrogens with one attached hydrogen (secondary N) is 1. The maximum absolute atomic E-state index is 12.0. The minimum absolute atomic E-state index is 0.124. The smallest absolute Gasteiger partial charge is 0.437 e. The summed E-state index contributed by atoms with van der Waals surface area (Å²) in [6.07, 6.45) is 1.98. The molecule has 8 nitrogen and oxygen atoms in total. The third kappa shape index (κ3) is 3.69. The highest BCUT2D eigenvalue weighted by atomic mass is 16.5. The van der Waals surface area contributed by atoms with Crippen molar-refractivity contribution < 1.29 is 24.3 Å². The average molecular weight is 357 g/mol. The third-order valence-electron chi connectivity index (χ3n) is 4.36. The highest BCUT2D eigenvalue weighted by Crippen LogP contribution is 2.25. The molecular weight excluding hydrogens is 337 g/mol. The number of aliphatic hydroxyl groups is 1. The van der Waals surface area contributed by atoms with Crippen LogP contribution >= 0.6 is 0 Å². The summed E-state index contributed by atoms with van der Waals surface area (Å²) in [6.45, 7) is 5.49. The lowest BCUT2D eigenvalue weighted by Crippen LogP contribution is -2.40. The Kier molecular flexibility index (Phi) is 5.22. The summed E-state index contributed by atoms with van der Waals surface area (Å²) in [5.41, 5.74) is 2.52. The molecule has 1 aliphatic heterocycles. The van der Waals surface area contributed by atoms with E-state index in [2.05, 4.69) is 15.3 Å². The Morgan fingerprint density at radius 3 is 2.77 bits per heavy atom. The van der Waals surface area contributed by atoms with Gasteiger partial charge in [-0.3, -0.25) is 4.79 Å². The Bertz CT molecular complexity index is 813. The van der Waals surface area contributed by atoms with Crippen LogP contribution in [0.2, 0.25) is 0 Å². The summed E-state index contributed by atoms with van der Waals surface area (Å²) in [7, 11) is -0.957. The van der Waals surface area contributed by atoms with Gasteiger partial charge in [0.15, 0.2) is 0 Å². The summed E-state index contributed by atoms with van der Waals surface area (Å²) < 4.78 is 10.9. The van der Waals surface area contributed by atoms with Gasteiger partial charge in [-0.1, -0.05) is 6.07 Å². The molecule has 1 aromatic carbocycles. The molecule has 0 aliphatic carbocycles. The molecule has 9 heteroatoms. The Hall–Kier alpha value is -2.49. The van der Waals surface area contributed by atoms with E-state index in [1.165, 1.54) is 12.4 Å². The van der Waals surface area contributed by atoms with Gasteiger partial charge in [0, 0.05) is 0 Å². The van der Waals surface area contributed by atoms with Crippen molar-refractivity contribution in [1.82, 2.24) is 15.3 Å². The predicted molar refractivity (Wildman–Crippen MR) is 94.3 cm³/mol. The van der Waals surface area contributed by atoms with Crippen molar-refractivity contribution in [3.63, 3.8) is 0 Å². The van der Waals surface area contributed by atoms with Crippen LogP contribution < -0.4 is 15.5 Å². The zero-order valence-corrected chi connectivity index (χ0v) is 14.8. The van der Waals surface area contributed by atoms with Crippen LogP contribution in [0.25, 0.3) is 0 Å². The molecule has 0 saturated carbocycles. The van der Waals surface area contributed by atoms with E-state index in [-0.39, 0.29) is 11.6 Å². The number of benzene rings is 1. The first-order valence-electron chi connectivity index (χ1n) is 8.27. The lowest BCUT2D eigenvalue weighted by molar-refractivity contribution is 0.0868. The highest BCUT2D eigenvalue weighted by Gasteiger charge is 2.30. The summed E-state index contributed by atoms with van der Waals surface area (Å²) in [5, 5.41) is 22.0. The molecule has 0 spiro atoms. The second-order valence-electron chi connectivity index (χ2n) is 6.27. The molecule has 136 valence electrons. The Labute approximate surface area is 151 Å². The average Bonchev–Trinajstić information content (AvgIpc) is 2.99. The molecule has 2 atom stereocenters. The fraction of sp³-hybridized carbons (Fsp3) is 0.353. The minimum atomic E-state index is -0.957. The van der Waals surface area contributed by atoms with E-state index in [0.29, 0.717) is 17.8 Å². The van der Waals surface area contributed by atoms with Crippen LogP contribution in [0.15, 0.2) is 24.5 Å². The van der Waals surface area contributed by atoms with E-state index >= 15 is 0 Å². The van der Waals surface area contributed by atoms with Gasteiger partial charge in [-0.15, -0.1) is 0 Å². The number of nitrogens with zero attached hydrogens (tertiary/aromatic N) is 2. The van der Waals surface area contributed by atoms with E-state index in [0.717, 1.165) is 11.1 Å². The lowest BCUT2D eigenvalue weighted by Gasteiger charge is -2.16. The van der Waals surface area contributed by atoms with Crippen LogP contribution in [0.1, 0.15) is 35.5 Å². The van der Waals surface area contributed by atoms with Crippen molar-refractivity contribution in [3.05, 3.63) is 41.3 Å².